The summed E-state index contributed by atoms with van der Waals surface area (Å²) in [6.07, 6.45) is 0.677. The highest BCUT2D eigenvalue weighted by Gasteiger charge is 2.50. The normalized spacial score (nSPS) is 23.2. The first-order valence-electron chi connectivity index (χ1n) is 11.4. The third-order valence-corrected chi connectivity index (χ3v) is 5.97. The Labute approximate surface area is 194 Å². The van der Waals surface area contributed by atoms with Crippen molar-refractivity contribution >= 4 is 11.8 Å². The van der Waals surface area contributed by atoms with Crippen LogP contribution >= 0.6 is 0 Å². The fourth-order valence-electron chi connectivity index (χ4n) is 4.45. The van der Waals surface area contributed by atoms with Gasteiger partial charge in [-0.1, -0.05) is 18.2 Å². The molecule has 0 fully saturated rings. The number of carbonyl (C=O) groups is 2. The predicted octanol–water partition coefficient (Wildman–Crippen LogP) is 0.601. The Hall–Kier alpha value is -2.46. The van der Waals surface area contributed by atoms with Crippen LogP contribution in [0.4, 0.5) is 0 Å². The van der Waals surface area contributed by atoms with Gasteiger partial charge in [-0.3, -0.25) is 9.59 Å². The van der Waals surface area contributed by atoms with Gasteiger partial charge in [0.25, 0.3) is 0 Å². The molecule has 182 valence electrons. The van der Waals surface area contributed by atoms with Gasteiger partial charge in [0.05, 0.1) is 31.6 Å². The molecular formula is C24H34N2O7. The summed E-state index contributed by atoms with van der Waals surface area (Å²) in [6, 6.07) is 6.64. The van der Waals surface area contributed by atoms with Crippen molar-refractivity contribution in [2.24, 2.45) is 0 Å². The van der Waals surface area contributed by atoms with Gasteiger partial charge in [-0.05, 0) is 25.5 Å². The van der Waals surface area contributed by atoms with Crippen molar-refractivity contribution in [3.8, 4) is 5.75 Å². The van der Waals surface area contributed by atoms with Gasteiger partial charge in [-0.2, -0.15) is 0 Å². The molecule has 0 saturated heterocycles. The highest BCUT2D eigenvalue weighted by Crippen LogP contribution is 2.47. The molecule has 2 aliphatic rings. The van der Waals surface area contributed by atoms with E-state index < -0.39 is 24.2 Å². The number of rotatable bonds is 12. The summed E-state index contributed by atoms with van der Waals surface area (Å²) in [5, 5.41) is 23.2. The van der Waals surface area contributed by atoms with E-state index in [0.29, 0.717) is 37.5 Å². The minimum Gasteiger partial charge on any atom is -0.486 e. The zero-order valence-corrected chi connectivity index (χ0v) is 19.2. The Balaban J connectivity index is 1.95. The van der Waals surface area contributed by atoms with Crippen LogP contribution in [0.5, 0.6) is 5.75 Å². The van der Waals surface area contributed by atoms with E-state index in [0.717, 1.165) is 5.56 Å². The number of nitrogens with zero attached hydrogens (tertiary/aromatic N) is 1. The Morgan fingerprint density at radius 2 is 2.03 bits per heavy atom. The van der Waals surface area contributed by atoms with E-state index in [2.05, 4.69) is 5.32 Å². The van der Waals surface area contributed by atoms with Gasteiger partial charge in [0.15, 0.2) is 0 Å². The average Bonchev–Trinajstić information content (AvgIpc) is 3.22. The lowest BCUT2D eigenvalue weighted by atomic mass is 9.77. The fraction of sp³-hybridized carbons (Fsp3) is 0.583. The van der Waals surface area contributed by atoms with Crippen molar-refractivity contribution in [3.05, 3.63) is 41.5 Å². The van der Waals surface area contributed by atoms with E-state index in [-0.39, 0.29) is 38.0 Å². The number of carbonyl (C=O) groups excluding carboxylic acids is 2. The van der Waals surface area contributed by atoms with Gasteiger partial charge >= 0.3 is 0 Å². The molecule has 1 heterocycles. The van der Waals surface area contributed by atoms with Crippen molar-refractivity contribution in [1.29, 1.82) is 0 Å². The maximum absolute atomic E-state index is 13.1. The third-order valence-electron chi connectivity index (χ3n) is 5.97. The van der Waals surface area contributed by atoms with Gasteiger partial charge in [0.2, 0.25) is 11.8 Å². The van der Waals surface area contributed by atoms with Gasteiger partial charge in [-0.25, -0.2) is 0 Å². The lowest BCUT2D eigenvalue weighted by Gasteiger charge is -2.40. The van der Waals surface area contributed by atoms with Gasteiger partial charge in [0.1, 0.15) is 18.0 Å². The number of ether oxygens (including phenoxy) is 3. The number of hydrogen-bond donors (Lipinski definition) is 3. The number of nitrogens with one attached hydrogen (secondary N) is 1. The predicted molar refractivity (Wildman–Crippen MR) is 121 cm³/mol. The van der Waals surface area contributed by atoms with E-state index in [1.54, 1.807) is 11.0 Å². The summed E-state index contributed by atoms with van der Waals surface area (Å²) in [4.78, 5) is 27.7. The average molecular weight is 463 g/mol. The molecule has 9 heteroatoms. The minimum atomic E-state index is -1.03. The molecular weight excluding hydrogens is 428 g/mol. The van der Waals surface area contributed by atoms with E-state index >= 15 is 0 Å². The lowest BCUT2D eigenvalue weighted by Crippen LogP contribution is -2.56. The molecule has 0 unspecified atom stereocenters. The first-order valence-corrected chi connectivity index (χ1v) is 11.4. The second-order valence-corrected chi connectivity index (χ2v) is 8.06. The molecule has 1 aliphatic carbocycles. The minimum absolute atomic E-state index is 0.105. The number of aliphatic hydroxyl groups excluding tert-OH is 2. The van der Waals surface area contributed by atoms with Crippen molar-refractivity contribution in [3.63, 3.8) is 0 Å². The van der Waals surface area contributed by atoms with Crippen LogP contribution in [-0.2, 0) is 19.1 Å². The summed E-state index contributed by atoms with van der Waals surface area (Å²) < 4.78 is 16.6. The zero-order valence-electron chi connectivity index (χ0n) is 19.2. The second-order valence-electron chi connectivity index (χ2n) is 8.06. The van der Waals surface area contributed by atoms with E-state index in [4.69, 9.17) is 19.3 Å². The zero-order chi connectivity index (χ0) is 23.8. The van der Waals surface area contributed by atoms with Crippen molar-refractivity contribution < 1.29 is 34.0 Å². The van der Waals surface area contributed by atoms with Crippen molar-refractivity contribution in [2.45, 2.75) is 43.9 Å². The summed E-state index contributed by atoms with van der Waals surface area (Å²) >= 11 is 0. The van der Waals surface area contributed by atoms with Gasteiger partial charge in [-0.15, -0.1) is 0 Å². The number of benzene rings is 1. The molecule has 33 heavy (non-hydrogen) atoms. The largest absolute Gasteiger partial charge is 0.486 e. The molecule has 0 bridgehead atoms. The smallest absolute Gasteiger partial charge is 0.247 e. The van der Waals surface area contributed by atoms with Crippen LogP contribution in [0.1, 0.15) is 31.2 Å². The first-order chi connectivity index (χ1) is 16.0. The van der Waals surface area contributed by atoms with E-state index in [9.17, 15) is 14.7 Å². The number of hydrogen-bond acceptors (Lipinski definition) is 7. The number of aliphatic hydroxyl groups is 2. The Morgan fingerprint density at radius 3 is 2.76 bits per heavy atom. The Kier molecular flexibility index (Phi) is 9.25. The summed E-state index contributed by atoms with van der Waals surface area (Å²) in [7, 11) is 1.53. The van der Waals surface area contributed by atoms with Crippen LogP contribution in [0.2, 0.25) is 0 Å². The molecule has 9 nitrogen and oxygen atoms in total. The SMILES string of the molecule is CCOCCCN(C(=O)CCOC)[C@@H]1C=C(C(=O)NCCO)[C@@H]2c3ccccc3O[C@@H]2[C@H]1O. The Bertz CT molecular complexity index is 844. The standard InChI is InChI=1S/C24H34N2O7/c1-3-32-13-6-11-26(20(28)9-14-31-2)18-15-17(24(30)25-10-12-27)21-16-7-4-5-8-19(16)33-23(21)22(18)29/h4-5,7-8,15,18,21-23,27,29H,3,6,9-14H2,1-2H3,(H,25,30)/t18-,21+,22+,23+/m1/s1. The summed E-state index contributed by atoms with van der Waals surface area (Å²) in [5.74, 6) is -0.389. The molecule has 0 radical (unpaired) electrons. The highest BCUT2D eigenvalue weighted by atomic mass is 16.5. The van der Waals surface area contributed by atoms with Crippen molar-refractivity contribution in [1.82, 2.24) is 10.2 Å². The van der Waals surface area contributed by atoms with E-state index in [1.165, 1.54) is 7.11 Å². The molecule has 2 amide bonds. The van der Waals surface area contributed by atoms with Crippen LogP contribution in [0, 0.1) is 0 Å². The van der Waals surface area contributed by atoms with Crippen LogP contribution in [0.15, 0.2) is 35.9 Å². The topological polar surface area (TPSA) is 118 Å². The molecule has 1 aromatic rings. The lowest BCUT2D eigenvalue weighted by molar-refractivity contribution is -0.138. The second kappa shape index (κ2) is 12.1. The molecule has 1 aliphatic heterocycles. The van der Waals surface area contributed by atoms with Gasteiger partial charge < -0.3 is 34.6 Å². The molecule has 4 atom stereocenters. The van der Waals surface area contributed by atoms with Crippen LogP contribution in [-0.4, -0.2) is 91.8 Å². The number of fused-ring (bicyclic) bond motifs is 3. The Morgan fingerprint density at radius 1 is 1.24 bits per heavy atom. The summed E-state index contributed by atoms with van der Waals surface area (Å²) in [5.41, 5.74) is 1.24. The van der Waals surface area contributed by atoms with Gasteiger partial charge in [0, 0.05) is 44.5 Å². The van der Waals surface area contributed by atoms with E-state index in [1.807, 2.05) is 31.2 Å². The molecule has 0 spiro atoms. The number of para-hydroxylation sites is 1. The first kappa shape index (κ1) is 25.2. The fourth-order valence-corrected chi connectivity index (χ4v) is 4.45. The molecule has 1 aromatic carbocycles. The third kappa shape index (κ3) is 5.73. The van der Waals surface area contributed by atoms with Crippen LogP contribution in [0.3, 0.4) is 0 Å². The van der Waals surface area contributed by atoms with Crippen molar-refractivity contribution in [2.75, 3.05) is 46.6 Å². The monoisotopic (exact) mass is 462 g/mol. The molecule has 3 rings (SSSR count). The molecule has 3 N–H and O–H groups in total. The molecule has 0 saturated carbocycles. The maximum Gasteiger partial charge on any atom is 0.247 e. The van der Waals surface area contributed by atoms with Crippen LogP contribution in [0.25, 0.3) is 0 Å². The summed E-state index contributed by atoms with van der Waals surface area (Å²) in [6.45, 7) is 3.49. The molecule has 0 aromatic heterocycles. The quantitative estimate of drug-likeness (QED) is 0.390. The highest BCUT2D eigenvalue weighted by molar-refractivity contribution is 5.96. The number of methoxy groups -OCH3 is 1. The maximum atomic E-state index is 13.1. The van der Waals surface area contributed by atoms with Crippen LogP contribution < -0.4 is 10.1 Å². The number of amides is 2.